The van der Waals surface area contributed by atoms with Crippen LogP contribution in [0.25, 0.3) is 11.1 Å². The summed E-state index contributed by atoms with van der Waals surface area (Å²) in [5, 5.41) is 3.11. The van der Waals surface area contributed by atoms with Gasteiger partial charge < -0.3 is 25.6 Å². The van der Waals surface area contributed by atoms with Gasteiger partial charge in [0, 0.05) is 5.69 Å². The molecule has 0 aromatic heterocycles. The normalized spacial score (nSPS) is 17.1. The quantitative estimate of drug-likeness (QED) is 0.160. The molecule has 0 spiro atoms. The number of para-hydroxylation sites is 3. The lowest BCUT2D eigenvalue weighted by atomic mass is 9.84. The van der Waals surface area contributed by atoms with Crippen LogP contribution in [0.2, 0.25) is 0 Å². The third-order valence-corrected chi connectivity index (χ3v) is 9.36. The maximum absolute atomic E-state index is 14.7. The van der Waals surface area contributed by atoms with Gasteiger partial charge in [0.2, 0.25) is 11.8 Å². The molecule has 1 aliphatic carbocycles. The smallest absolute Gasteiger partial charge is 0.251 e. The number of anilines is 3. The van der Waals surface area contributed by atoms with Gasteiger partial charge in [0.1, 0.15) is 11.8 Å². The molecule has 3 N–H and O–H groups in total. The van der Waals surface area contributed by atoms with E-state index in [2.05, 4.69) is 22.9 Å². The maximum atomic E-state index is 14.7. The van der Waals surface area contributed by atoms with E-state index >= 15 is 0 Å². The van der Waals surface area contributed by atoms with Gasteiger partial charge in [0.15, 0.2) is 0 Å². The number of hydrogen-bond acceptors (Lipinski definition) is 5. The number of nitrogens with one attached hydrogen (secondary N) is 1. The van der Waals surface area contributed by atoms with Gasteiger partial charge in [-0.05, 0) is 77.9 Å². The number of nitrogens with zero attached hydrogens (tertiary/aromatic N) is 2. The topological polar surface area (TPSA) is 105 Å². The van der Waals surface area contributed by atoms with E-state index in [0.29, 0.717) is 25.3 Å². The van der Waals surface area contributed by atoms with Gasteiger partial charge in [0.25, 0.3) is 5.91 Å². The largest absolute Gasteiger partial charge is 0.497 e. The average Bonchev–Trinajstić information content (AvgIpc) is 3.95. The van der Waals surface area contributed by atoms with Gasteiger partial charge in [0.05, 0.1) is 43.4 Å². The van der Waals surface area contributed by atoms with Gasteiger partial charge in [-0.2, -0.15) is 0 Å². The molecular formula is C40H42N4O4. The third-order valence-electron chi connectivity index (χ3n) is 9.36. The molecule has 1 heterocycles. The van der Waals surface area contributed by atoms with Crippen molar-refractivity contribution in [3.63, 3.8) is 0 Å². The first kappa shape index (κ1) is 32.6. The number of hydrogen-bond donors (Lipinski definition) is 2. The van der Waals surface area contributed by atoms with E-state index in [-0.39, 0.29) is 18.4 Å². The standard InChI is InChI=1S/C40H42N4O4/c1-3-10-33(38(41)45)34(24-27-17-18-27)39(46)42-35-26-43(31-13-5-4-6-14-31)36-15-7-8-16-37(36)44(40(35)47)25-28-11-9-12-30(23-28)29-19-21-32(48-2)22-20-29/h3-9,11-16,19-23,27,33-35H,1,10,17-18,24-26H2,2H3,(H2,41,45)(H,42,46). The number of allylic oxidation sites excluding steroid dienone is 1. The summed E-state index contributed by atoms with van der Waals surface area (Å²) in [6, 6.07) is 32.8. The van der Waals surface area contributed by atoms with Crippen molar-refractivity contribution in [2.45, 2.75) is 38.3 Å². The molecule has 8 nitrogen and oxygen atoms in total. The van der Waals surface area contributed by atoms with E-state index in [0.717, 1.165) is 52.3 Å². The first-order valence-corrected chi connectivity index (χ1v) is 16.5. The molecule has 4 aromatic rings. The highest BCUT2D eigenvalue weighted by atomic mass is 16.5. The number of rotatable bonds is 13. The van der Waals surface area contributed by atoms with Crippen LogP contribution in [-0.4, -0.2) is 37.4 Å². The monoisotopic (exact) mass is 642 g/mol. The van der Waals surface area contributed by atoms with Crippen molar-refractivity contribution in [2.75, 3.05) is 23.5 Å². The second-order valence-electron chi connectivity index (χ2n) is 12.7. The van der Waals surface area contributed by atoms with Crippen LogP contribution in [0.4, 0.5) is 17.1 Å². The fraction of sp³-hybridized carbons (Fsp3) is 0.275. The van der Waals surface area contributed by atoms with Gasteiger partial charge in [-0.25, -0.2) is 0 Å². The Morgan fingerprint density at radius 3 is 2.29 bits per heavy atom. The number of benzene rings is 4. The molecule has 0 radical (unpaired) electrons. The van der Waals surface area contributed by atoms with Crippen molar-refractivity contribution < 1.29 is 19.1 Å². The summed E-state index contributed by atoms with van der Waals surface area (Å²) in [4.78, 5) is 45.2. The second-order valence-corrected chi connectivity index (χ2v) is 12.7. The van der Waals surface area contributed by atoms with Crippen molar-refractivity contribution in [2.24, 2.45) is 23.5 Å². The molecule has 1 fully saturated rings. The lowest BCUT2D eigenvalue weighted by Crippen LogP contribution is -2.54. The van der Waals surface area contributed by atoms with Gasteiger partial charge in [-0.1, -0.05) is 79.6 Å². The fourth-order valence-electron chi connectivity index (χ4n) is 6.63. The summed E-state index contributed by atoms with van der Waals surface area (Å²) in [6.45, 7) is 4.30. The number of methoxy groups -OCH3 is 1. The Bertz CT molecular complexity index is 1770. The second kappa shape index (κ2) is 14.6. The lowest BCUT2D eigenvalue weighted by Gasteiger charge is -2.29. The number of ether oxygens (including phenoxy) is 1. The molecule has 8 heteroatoms. The summed E-state index contributed by atoms with van der Waals surface area (Å²) < 4.78 is 5.33. The van der Waals surface area contributed by atoms with Crippen molar-refractivity contribution >= 4 is 34.8 Å². The molecule has 48 heavy (non-hydrogen) atoms. The maximum Gasteiger partial charge on any atom is 0.251 e. The molecular weight excluding hydrogens is 600 g/mol. The minimum absolute atomic E-state index is 0.215. The highest BCUT2D eigenvalue weighted by molar-refractivity contribution is 6.04. The Hall–Kier alpha value is -5.37. The van der Waals surface area contributed by atoms with E-state index in [1.165, 1.54) is 0 Å². The highest BCUT2D eigenvalue weighted by Gasteiger charge is 2.40. The summed E-state index contributed by atoms with van der Waals surface area (Å²) in [6.07, 6.45) is 4.53. The molecule has 1 aliphatic heterocycles. The molecule has 1 saturated carbocycles. The summed E-state index contributed by atoms with van der Waals surface area (Å²) in [5.74, 6) is -1.27. The van der Waals surface area contributed by atoms with Crippen LogP contribution in [0.5, 0.6) is 5.75 Å². The van der Waals surface area contributed by atoms with Crippen LogP contribution < -0.4 is 25.6 Å². The van der Waals surface area contributed by atoms with E-state index < -0.39 is 23.8 Å². The first-order chi connectivity index (χ1) is 23.4. The molecule has 2 aliphatic rings. The van der Waals surface area contributed by atoms with Crippen LogP contribution >= 0.6 is 0 Å². The molecule has 3 amide bonds. The van der Waals surface area contributed by atoms with Crippen molar-refractivity contribution in [1.29, 1.82) is 0 Å². The van der Waals surface area contributed by atoms with Crippen LogP contribution in [0, 0.1) is 17.8 Å². The first-order valence-electron chi connectivity index (χ1n) is 16.5. The minimum atomic E-state index is -0.895. The fourth-order valence-corrected chi connectivity index (χ4v) is 6.63. The zero-order valence-electron chi connectivity index (χ0n) is 27.3. The van der Waals surface area contributed by atoms with Crippen molar-refractivity contribution in [3.8, 4) is 16.9 Å². The van der Waals surface area contributed by atoms with E-state index in [1.54, 1.807) is 18.1 Å². The Morgan fingerprint density at radius 2 is 1.62 bits per heavy atom. The average molecular weight is 643 g/mol. The van der Waals surface area contributed by atoms with Crippen LogP contribution in [-0.2, 0) is 20.9 Å². The SMILES string of the molecule is C=CCC(C(N)=O)C(CC1CC1)C(=O)NC1CN(c2ccccc2)c2ccccc2N(Cc2cccc(-c3ccc(OC)cc3)c2)C1=O. The number of fused-ring (bicyclic) bond motifs is 1. The number of amides is 3. The molecule has 0 bridgehead atoms. The van der Waals surface area contributed by atoms with E-state index in [9.17, 15) is 14.4 Å². The Morgan fingerprint density at radius 1 is 0.917 bits per heavy atom. The molecule has 0 saturated heterocycles. The Labute approximate surface area is 282 Å². The number of carbonyl (C=O) groups excluding carboxylic acids is 3. The zero-order valence-corrected chi connectivity index (χ0v) is 27.3. The van der Waals surface area contributed by atoms with Crippen molar-refractivity contribution in [1.82, 2.24) is 5.32 Å². The molecule has 3 atom stereocenters. The van der Waals surface area contributed by atoms with Gasteiger partial charge >= 0.3 is 0 Å². The predicted molar refractivity (Wildman–Crippen MR) is 190 cm³/mol. The molecule has 246 valence electrons. The highest BCUT2D eigenvalue weighted by Crippen LogP contribution is 2.40. The lowest BCUT2D eigenvalue weighted by molar-refractivity contribution is -0.135. The summed E-state index contributed by atoms with van der Waals surface area (Å²) >= 11 is 0. The van der Waals surface area contributed by atoms with Gasteiger partial charge in [-0.15, -0.1) is 6.58 Å². The van der Waals surface area contributed by atoms with Crippen LogP contribution in [0.1, 0.15) is 31.2 Å². The number of primary amides is 1. The van der Waals surface area contributed by atoms with Crippen LogP contribution in [0.3, 0.4) is 0 Å². The summed E-state index contributed by atoms with van der Waals surface area (Å²) in [5.41, 5.74) is 11.3. The third kappa shape index (κ3) is 7.28. The minimum Gasteiger partial charge on any atom is -0.497 e. The van der Waals surface area contributed by atoms with Crippen molar-refractivity contribution in [3.05, 3.63) is 121 Å². The Kier molecular flexibility index (Phi) is 9.90. The molecule has 3 unspecified atom stereocenters. The zero-order chi connectivity index (χ0) is 33.6. The number of nitrogens with two attached hydrogens (primary N) is 1. The van der Waals surface area contributed by atoms with Crippen LogP contribution in [0.15, 0.2) is 116 Å². The van der Waals surface area contributed by atoms with Gasteiger partial charge in [-0.3, -0.25) is 14.4 Å². The molecule has 4 aromatic carbocycles. The molecule has 6 rings (SSSR count). The Balaban J connectivity index is 1.37. The number of carbonyl (C=O) groups is 3. The predicted octanol–water partition coefficient (Wildman–Crippen LogP) is 6.63. The summed E-state index contributed by atoms with van der Waals surface area (Å²) in [7, 11) is 1.64. The van der Waals surface area contributed by atoms with E-state index in [1.807, 2.05) is 97.1 Å². The van der Waals surface area contributed by atoms with E-state index in [4.69, 9.17) is 10.5 Å².